The zero-order chi connectivity index (χ0) is 14.1. The Labute approximate surface area is 116 Å². The molecule has 2 aliphatic heterocycles. The largest absolute Gasteiger partial charge is 0.331 e. The molecule has 0 saturated carbocycles. The second-order valence-corrected chi connectivity index (χ2v) is 5.36. The fourth-order valence-corrected chi connectivity index (χ4v) is 3.27. The van der Waals surface area contributed by atoms with Gasteiger partial charge in [-0.15, -0.1) is 0 Å². The smallest absolute Gasteiger partial charge is 0.282 e. The summed E-state index contributed by atoms with van der Waals surface area (Å²) in [4.78, 5) is 25.2. The normalized spacial score (nSPS) is 25.3. The number of nitrogens with zero attached hydrogens (tertiary/aromatic N) is 2. The van der Waals surface area contributed by atoms with Crippen LogP contribution in [0.2, 0.25) is 0 Å². The Morgan fingerprint density at radius 1 is 1.25 bits per heavy atom. The second kappa shape index (κ2) is 5.20. The summed E-state index contributed by atoms with van der Waals surface area (Å²) < 4.78 is 0. The highest BCUT2D eigenvalue weighted by atomic mass is 16.6. The number of nitrogens with one attached hydrogen (secondary N) is 1. The van der Waals surface area contributed by atoms with Crippen LogP contribution in [0.1, 0.15) is 29.6 Å². The van der Waals surface area contributed by atoms with E-state index in [2.05, 4.69) is 5.32 Å². The van der Waals surface area contributed by atoms with Gasteiger partial charge in [-0.3, -0.25) is 14.9 Å². The molecule has 1 amide bonds. The van der Waals surface area contributed by atoms with Gasteiger partial charge in [0.2, 0.25) is 0 Å². The molecule has 6 heteroatoms. The fraction of sp³-hybridized carbons (Fsp3) is 0.500. The number of carbonyl (C=O) groups excluding carboxylic acids is 1. The molecule has 2 heterocycles. The molecule has 1 aromatic rings. The monoisotopic (exact) mass is 275 g/mol. The first-order chi connectivity index (χ1) is 9.68. The molecule has 0 aliphatic carbocycles. The summed E-state index contributed by atoms with van der Waals surface area (Å²) in [6.07, 6.45) is 2.89. The van der Waals surface area contributed by atoms with Gasteiger partial charge in [0.25, 0.3) is 11.6 Å². The summed E-state index contributed by atoms with van der Waals surface area (Å²) in [6.45, 7) is 1.69. The molecule has 6 nitrogen and oxygen atoms in total. The molecule has 3 rings (SSSR count). The van der Waals surface area contributed by atoms with E-state index < -0.39 is 4.92 Å². The minimum Gasteiger partial charge on any atom is -0.331 e. The molecule has 2 unspecified atom stereocenters. The number of amides is 1. The van der Waals surface area contributed by atoms with Gasteiger partial charge in [0.1, 0.15) is 5.56 Å². The van der Waals surface area contributed by atoms with Crippen molar-refractivity contribution in [1.29, 1.82) is 0 Å². The van der Waals surface area contributed by atoms with Crippen molar-refractivity contribution in [3.05, 3.63) is 39.9 Å². The number of rotatable bonds is 2. The third kappa shape index (κ3) is 2.16. The van der Waals surface area contributed by atoms with Gasteiger partial charge in [0, 0.05) is 24.7 Å². The molecule has 2 atom stereocenters. The number of hydrogen-bond donors (Lipinski definition) is 1. The van der Waals surface area contributed by atoms with Crippen molar-refractivity contribution in [2.45, 2.75) is 31.3 Å². The van der Waals surface area contributed by atoms with Crippen LogP contribution in [0.5, 0.6) is 0 Å². The Morgan fingerprint density at radius 3 is 2.80 bits per heavy atom. The Hall–Kier alpha value is -1.95. The van der Waals surface area contributed by atoms with Gasteiger partial charge in [0.15, 0.2) is 0 Å². The first-order valence-electron chi connectivity index (χ1n) is 6.95. The van der Waals surface area contributed by atoms with Crippen LogP contribution in [0, 0.1) is 10.1 Å². The summed E-state index contributed by atoms with van der Waals surface area (Å²) in [7, 11) is 0. The van der Waals surface area contributed by atoms with Gasteiger partial charge >= 0.3 is 0 Å². The highest BCUT2D eigenvalue weighted by molar-refractivity contribution is 5.98. The topological polar surface area (TPSA) is 75.5 Å². The lowest BCUT2D eigenvalue weighted by atomic mass is 10.1. The molecule has 1 aromatic carbocycles. The molecular weight excluding hydrogens is 258 g/mol. The summed E-state index contributed by atoms with van der Waals surface area (Å²) in [5, 5.41) is 14.4. The molecule has 2 aliphatic rings. The Morgan fingerprint density at radius 2 is 2.00 bits per heavy atom. The van der Waals surface area contributed by atoms with Gasteiger partial charge < -0.3 is 10.2 Å². The summed E-state index contributed by atoms with van der Waals surface area (Å²) in [6, 6.07) is 6.59. The van der Waals surface area contributed by atoms with Crippen molar-refractivity contribution < 1.29 is 9.72 Å². The third-order valence-electron chi connectivity index (χ3n) is 4.22. The Balaban J connectivity index is 1.95. The van der Waals surface area contributed by atoms with E-state index in [-0.39, 0.29) is 29.2 Å². The molecule has 2 saturated heterocycles. The van der Waals surface area contributed by atoms with E-state index in [0.717, 1.165) is 32.4 Å². The lowest BCUT2D eigenvalue weighted by Gasteiger charge is -2.27. The molecule has 0 radical (unpaired) electrons. The Bertz CT molecular complexity index is 532. The molecule has 106 valence electrons. The van der Waals surface area contributed by atoms with E-state index in [1.165, 1.54) is 6.07 Å². The quantitative estimate of drug-likeness (QED) is 0.656. The van der Waals surface area contributed by atoms with Crippen molar-refractivity contribution >= 4 is 11.6 Å². The molecular formula is C14H17N3O3. The number of hydrogen-bond acceptors (Lipinski definition) is 4. The average molecular weight is 275 g/mol. The van der Waals surface area contributed by atoms with E-state index in [4.69, 9.17) is 0 Å². The Kier molecular flexibility index (Phi) is 3.40. The zero-order valence-corrected chi connectivity index (χ0v) is 11.1. The van der Waals surface area contributed by atoms with E-state index in [1.807, 2.05) is 4.90 Å². The predicted octanol–water partition coefficient (Wildman–Crippen LogP) is 1.56. The van der Waals surface area contributed by atoms with Gasteiger partial charge in [-0.1, -0.05) is 12.1 Å². The van der Waals surface area contributed by atoms with E-state index >= 15 is 0 Å². The van der Waals surface area contributed by atoms with Crippen LogP contribution in [0.15, 0.2) is 24.3 Å². The van der Waals surface area contributed by atoms with Crippen LogP contribution in [-0.2, 0) is 0 Å². The van der Waals surface area contributed by atoms with Crippen LogP contribution in [0.3, 0.4) is 0 Å². The van der Waals surface area contributed by atoms with Crippen LogP contribution >= 0.6 is 0 Å². The zero-order valence-electron chi connectivity index (χ0n) is 11.1. The van der Waals surface area contributed by atoms with Crippen LogP contribution < -0.4 is 5.32 Å². The van der Waals surface area contributed by atoms with E-state index in [9.17, 15) is 14.9 Å². The lowest BCUT2D eigenvalue weighted by molar-refractivity contribution is -0.385. The van der Waals surface area contributed by atoms with Crippen molar-refractivity contribution in [3.8, 4) is 0 Å². The van der Waals surface area contributed by atoms with Crippen LogP contribution in [0.4, 0.5) is 5.69 Å². The maximum absolute atomic E-state index is 12.7. The first kappa shape index (κ1) is 13.1. The average Bonchev–Trinajstić information content (AvgIpc) is 2.71. The van der Waals surface area contributed by atoms with E-state index in [1.54, 1.807) is 18.2 Å². The lowest BCUT2D eigenvalue weighted by Crippen LogP contribution is -2.42. The minimum atomic E-state index is -0.481. The maximum atomic E-state index is 12.7. The summed E-state index contributed by atoms with van der Waals surface area (Å²) >= 11 is 0. The van der Waals surface area contributed by atoms with Crippen molar-refractivity contribution in [2.24, 2.45) is 0 Å². The third-order valence-corrected chi connectivity index (χ3v) is 4.22. The number of benzene rings is 1. The summed E-state index contributed by atoms with van der Waals surface area (Å²) in [5.74, 6) is -0.200. The SMILES string of the molecule is O=C(c1ccccc1[N+](=O)[O-])N1C2CCNCC1CC2. The fourth-order valence-electron chi connectivity index (χ4n) is 3.27. The number of carbonyl (C=O) groups is 1. The molecule has 20 heavy (non-hydrogen) atoms. The molecule has 2 bridgehead atoms. The van der Waals surface area contributed by atoms with Gasteiger partial charge in [0.05, 0.1) is 4.92 Å². The number of nitro groups is 1. The first-order valence-corrected chi connectivity index (χ1v) is 6.95. The van der Waals surface area contributed by atoms with Gasteiger partial charge in [-0.25, -0.2) is 0 Å². The van der Waals surface area contributed by atoms with Crippen molar-refractivity contribution in [3.63, 3.8) is 0 Å². The minimum absolute atomic E-state index is 0.103. The maximum Gasteiger partial charge on any atom is 0.282 e. The van der Waals surface area contributed by atoms with Crippen molar-refractivity contribution in [1.82, 2.24) is 10.2 Å². The standard InChI is InChI=1S/C14H17N3O3/c18-14(12-3-1-2-4-13(12)17(19)20)16-10-5-6-11(16)9-15-8-7-10/h1-4,10-11,15H,5-9H2. The molecule has 1 N–H and O–H groups in total. The van der Waals surface area contributed by atoms with Gasteiger partial charge in [-0.2, -0.15) is 0 Å². The number of para-hydroxylation sites is 1. The predicted molar refractivity (Wildman–Crippen MR) is 73.6 cm³/mol. The van der Waals surface area contributed by atoms with Crippen LogP contribution in [0.25, 0.3) is 0 Å². The van der Waals surface area contributed by atoms with Crippen molar-refractivity contribution in [2.75, 3.05) is 13.1 Å². The molecule has 2 fully saturated rings. The van der Waals surface area contributed by atoms with E-state index in [0.29, 0.717) is 0 Å². The highest BCUT2D eigenvalue weighted by Gasteiger charge is 2.39. The molecule has 0 aromatic heterocycles. The molecule has 0 spiro atoms. The van der Waals surface area contributed by atoms with Gasteiger partial charge in [-0.05, 0) is 31.9 Å². The highest BCUT2D eigenvalue weighted by Crippen LogP contribution is 2.31. The number of nitro benzene ring substituents is 1. The van der Waals surface area contributed by atoms with Crippen LogP contribution in [-0.4, -0.2) is 40.9 Å². The second-order valence-electron chi connectivity index (χ2n) is 5.36. The number of fused-ring (bicyclic) bond motifs is 2. The summed E-state index contributed by atoms with van der Waals surface area (Å²) in [5.41, 5.74) is 0.102.